The van der Waals surface area contributed by atoms with Gasteiger partial charge < -0.3 is 5.11 Å². The van der Waals surface area contributed by atoms with Gasteiger partial charge in [-0.1, -0.05) is 26.8 Å². The predicted molar refractivity (Wildman–Crippen MR) is 60.4 cm³/mol. The standard InChI is InChI=1S/C12H19NO2/c1-4-12(2,3)10-5-6-11(14)9(7-10)8-15-13/h5-7,14H,4,8,13H2,1-3H3. The lowest BCUT2D eigenvalue weighted by Crippen LogP contribution is -2.15. The number of benzene rings is 1. The fraction of sp³-hybridized carbons (Fsp3) is 0.500. The van der Waals surface area contributed by atoms with Crippen LogP contribution >= 0.6 is 0 Å². The lowest BCUT2D eigenvalue weighted by atomic mass is 9.81. The normalized spacial score (nSPS) is 11.7. The maximum Gasteiger partial charge on any atom is 0.121 e. The van der Waals surface area contributed by atoms with Gasteiger partial charge in [0, 0.05) is 5.56 Å². The molecule has 1 aromatic carbocycles. The topological polar surface area (TPSA) is 55.5 Å². The second-order valence-corrected chi connectivity index (χ2v) is 4.39. The van der Waals surface area contributed by atoms with Crippen molar-refractivity contribution in [3.63, 3.8) is 0 Å². The minimum absolute atomic E-state index is 0.108. The van der Waals surface area contributed by atoms with E-state index in [1.54, 1.807) is 6.07 Å². The molecule has 0 saturated carbocycles. The molecule has 1 aromatic rings. The second kappa shape index (κ2) is 4.64. The van der Waals surface area contributed by atoms with Crippen LogP contribution in [0.25, 0.3) is 0 Å². The molecule has 15 heavy (non-hydrogen) atoms. The number of hydrogen-bond donors (Lipinski definition) is 2. The molecule has 84 valence electrons. The summed E-state index contributed by atoms with van der Waals surface area (Å²) in [7, 11) is 0. The fourth-order valence-electron chi connectivity index (χ4n) is 1.42. The zero-order chi connectivity index (χ0) is 11.5. The summed E-state index contributed by atoms with van der Waals surface area (Å²) in [5.74, 6) is 5.24. The van der Waals surface area contributed by atoms with Crippen LogP contribution in [0.2, 0.25) is 0 Å². The summed E-state index contributed by atoms with van der Waals surface area (Å²) < 4.78 is 0. The number of phenols is 1. The number of phenolic OH excluding ortho intramolecular Hbond substituents is 1. The van der Waals surface area contributed by atoms with E-state index in [0.717, 1.165) is 12.0 Å². The Morgan fingerprint density at radius 1 is 1.40 bits per heavy atom. The van der Waals surface area contributed by atoms with Crippen LogP contribution in [0.5, 0.6) is 5.75 Å². The first-order valence-electron chi connectivity index (χ1n) is 5.15. The predicted octanol–water partition coefficient (Wildman–Crippen LogP) is 2.47. The molecule has 0 spiro atoms. The minimum atomic E-state index is 0.108. The van der Waals surface area contributed by atoms with E-state index in [2.05, 4.69) is 25.6 Å². The molecule has 0 saturated heterocycles. The van der Waals surface area contributed by atoms with Crippen molar-refractivity contribution in [1.29, 1.82) is 0 Å². The van der Waals surface area contributed by atoms with Crippen LogP contribution < -0.4 is 5.90 Å². The van der Waals surface area contributed by atoms with E-state index in [4.69, 9.17) is 5.90 Å². The van der Waals surface area contributed by atoms with Gasteiger partial charge in [-0.25, -0.2) is 5.90 Å². The Labute approximate surface area is 90.8 Å². The SMILES string of the molecule is CCC(C)(C)c1ccc(O)c(CON)c1. The molecule has 3 N–H and O–H groups in total. The van der Waals surface area contributed by atoms with Gasteiger partial charge in [-0.15, -0.1) is 0 Å². The van der Waals surface area contributed by atoms with E-state index in [-0.39, 0.29) is 17.8 Å². The van der Waals surface area contributed by atoms with Crippen molar-refractivity contribution in [2.45, 2.75) is 39.2 Å². The van der Waals surface area contributed by atoms with Crippen molar-refractivity contribution in [2.24, 2.45) is 5.90 Å². The summed E-state index contributed by atoms with van der Waals surface area (Å²) in [6.07, 6.45) is 1.04. The summed E-state index contributed by atoms with van der Waals surface area (Å²) in [6.45, 7) is 6.73. The lowest BCUT2D eigenvalue weighted by molar-refractivity contribution is 0.122. The average Bonchev–Trinajstić information content (AvgIpc) is 2.21. The summed E-state index contributed by atoms with van der Waals surface area (Å²) in [5.41, 5.74) is 2.03. The van der Waals surface area contributed by atoms with Crippen molar-refractivity contribution >= 4 is 0 Å². The molecule has 0 aliphatic heterocycles. The molecule has 0 atom stereocenters. The van der Waals surface area contributed by atoms with Gasteiger partial charge in [0.2, 0.25) is 0 Å². The Morgan fingerprint density at radius 3 is 2.60 bits per heavy atom. The smallest absolute Gasteiger partial charge is 0.121 e. The van der Waals surface area contributed by atoms with E-state index in [9.17, 15) is 5.11 Å². The Kier molecular flexibility index (Phi) is 3.72. The molecule has 1 rings (SSSR count). The monoisotopic (exact) mass is 209 g/mol. The third kappa shape index (κ3) is 2.70. The summed E-state index contributed by atoms with van der Waals surface area (Å²) in [6, 6.07) is 5.59. The van der Waals surface area contributed by atoms with Crippen LogP contribution in [-0.4, -0.2) is 5.11 Å². The van der Waals surface area contributed by atoms with Gasteiger partial charge in [0.25, 0.3) is 0 Å². The Morgan fingerprint density at radius 2 is 2.07 bits per heavy atom. The quantitative estimate of drug-likeness (QED) is 0.749. The van der Waals surface area contributed by atoms with Crippen molar-refractivity contribution in [3.8, 4) is 5.75 Å². The van der Waals surface area contributed by atoms with Gasteiger partial charge in [0.1, 0.15) is 5.75 Å². The molecule has 3 nitrogen and oxygen atoms in total. The number of nitrogens with two attached hydrogens (primary N) is 1. The highest BCUT2D eigenvalue weighted by Gasteiger charge is 2.19. The molecule has 0 aliphatic rings. The Balaban J connectivity index is 3.07. The molecule has 0 aliphatic carbocycles. The van der Waals surface area contributed by atoms with E-state index < -0.39 is 0 Å². The molecule has 3 heteroatoms. The summed E-state index contributed by atoms with van der Waals surface area (Å²) in [5, 5.41) is 9.57. The second-order valence-electron chi connectivity index (χ2n) is 4.39. The lowest BCUT2D eigenvalue weighted by Gasteiger charge is -2.24. The maximum atomic E-state index is 9.57. The first-order valence-corrected chi connectivity index (χ1v) is 5.15. The molecule has 0 bridgehead atoms. The van der Waals surface area contributed by atoms with Crippen LogP contribution in [0.1, 0.15) is 38.3 Å². The van der Waals surface area contributed by atoms with E-state index >= 15 is 0 Å². The fourth-order valence-corrected chi connectivity index (χ4v) is 1.42. The number of rotatable bonds is 4. The van der Waals surface area contributed by atoms with Crippen molar-refractivity contribution in [1.82, 2.24) is 0 Å². The molecular formula is C12H19NO2. The molecule has 0 radical (unpaired) electrons. The van der Waals surface area contributed by atoms with E-state index in [1.165, 1.54) is 5.56 Å². The van der Waals surface area contributed by atoms with Crippen LogP contribution in [0.3, 0.4) is 0 Å². The first kappa shape index (κ1) is 12.0. The van der Waals surface area contributed by atoms with Gasteiger partial charge in [0.05, 0.1) is 6.61 Å². The third-order valence-corrected chi connectivity index (χ3v) is 2.98. The van der Waals surface area contributed by atoms with Crippen LogP contribution in [0.15, 0.2) is 18.2 Å². The van der Waals surface area contributed by atoms with Crippen molar-refractivity contribution in [2.75, 3.05) is 0 Å². The average molecular weight is 209 g/mol. The van der Waals surface area contributed by atoms with Crippen molar-refractivity contribution < 1.29 is 9.94 Å². The van der Waals surface area contributed by atoms with Gasteiger partial charge in [0.15, 0.2) is 0 Å². The first-order chi connectivity index (χ1) is 7.01. The van der Waals surface area contributed by atoms with Crippen molar-refractivity contribution in [3.05, 3.63) is 29.3 Å². The molecule has 0 aromatic heterocycles. The van der Waals surface area contributed by atoms with Crippen LogP contribution in [0.4, 0.5) is 0 Å². The van der Waals surface area contributed by atoms with Gasteiger partial charge in [-0.05, 0) is 29.5 Å². The Bertz CT molecular complexity index is 334. The summed E-state index contributed by atoms with van der Waals surface area (Å²) in [4.78, 5) is 4.55. The van der Waals surface area contributed by atoms with Gasteiger partial charge in [-0.2, -0.15) is 0 Å². The molecule has 0 fully saturated rings. The molecule has 0 amide bonds. The zero-order valence-electron chi connectivity index (χ0n) is 9.58. The zero-order valence-corrected chi connectivity index (χ0v) is 9.58. The summed E-state index contributed by atoms with van der Waals surface area (Å²) >= 11 is 0. The molecule has 0 heterocycles. The van der Waals surface area contributed by atoms with Crippen LogP contribution in [-0.2, 0) is 16.9 Å². The highest BCUT2D eigenvalue weighted by atomic mass is 16.6. The molecule has 0 unspecified atom stereocenters. The van der Waals surface area contributed by atoms with Gasteiger partial charge in [-0.3, -0.25) is 4.84 Å². The maximum absolute atomic E-state index is 9.57. The number of hydrogen-bond acceptors (Lipinski definition) is 3. The van der Waals surface area contributed by atoms with E-state index in [1.807, 2.05) is 12.1 Å². The Hall–Kier alpha value is -1.06. The highest BCUT2D eigenvalue weighted by molar-refractivity contribution is 5.38. The third-order valence-electron chi connectivity index (χ3n) is 2.98. The largest absolute Gasteiger partial charge is 0.508 e. The van der Waals surface area contributed by atoms with E-state index in [0.29, 0.717) is 0 Å². The molecular weight excluding hydrogens is 190 g/mol. The van der Waals surface area contributed by atoms with Gasteiger partial charge >= 0.3 is 0 Å². The van der Waals surface area contributed by atoms with Crippen LogP contribution in [0, 0.1) is 0 Å². The minimum Gasteiger partial charge on any atom is -0.508 e. The number of aromatic hydroxyl groups is 1. The highest BCUT2D eigenvalue weighted by Crippen LogP contribution is 2.30.